The van der Waals surface area contributed by atoms with Crippen LogP contribution in [0.1, 0.15) is 0 Å². The van der Waals surface area contributed by atoms with Crippen LogP contribution in [-0.2, 0) is 18.9 Å². The summed E-state index contributed by atoms with van der Waals surface area (Å²) in [5, 5.41) is 0. The molecule has 62 valence electrons. The van der Waals surface area contributed by atoms with Gasteiger partial charge in [0.1, 0.15) is 24.4 Å². The quantitative estimate of drug-likeness (QED) is 0.509. The molecule has 3 unspecified atom stereocenters. The van der Waals surface area contributed by atoms with Gasteiger partial charge in [0.2, 0.25) is 0 Å². The first-order chi connectivity index (χ1) is 5.40. The molecule has 3 aliphatic heterocycles. The van der Waals surface area contributed by atoms with Gasteiger partial charge in [-0.05, 0) is 0 Å². The number of methoxy groups -OCH3 is 1. The number of ether oxygens (including phenoxy) is 4. The van der Waals surface area contributed by atoms with Crippen molar-refractivity contribution in [3.63, 3.8) is 0 Å². The lowest BCUT2D eigenvalue weighted by molar-refractivity contribution is -0.162. The van der Waals surface area contributed by atoms with E-state index >= 15 is 0 Å². The second-order valence-electron chi connectivity index (χ2n) is 3.14. The third kappa shape index (κ3) is 0.840. The molecule has 11 heavy (non-hydrogen) atoms. The fourth-order valence-electron chi connectivity index (χ4n) is 1.66. The summed E-state index contributed by atoms with van der Waals surface area (Å²) in [5.74, 6) is 0. The fraction of sp³-hybridized carbons (Fsp3) is 1.00. The molecule has 0 aliphatic carbocycles. The van der Waals surface area contributed by atoms with Crippen molar-refractivity contribution in [2.45, 2.75) is 30.7 Å². The predicted molar refractivity (Wildman–Crippen MR) is 34.1 cm³/mol. The van der Waals surface area contributed by atoms with E-state index in [1.807, 2.05) is 0 Å². The molecule has 0 aromatic rings. The molecule has 0 radical (unpaired) electrons. The Hall–Kier alpha value is -0.160. The van der Waals surface area contributed by atoms with E-state index in [0.717, 1.165) is 6.61 Å². The normalized spacial score (nSPS) is 59.2. The smallest absolute Gasteiger partial charge is 0.186 e. The van der Waals surface area contributed by atoms with Crippen molar-refractivity contribution in [3.05, 3.63) is 0 Å². The zero-order valence-corrected chi connectivity index (χ0v) is 6.23. The van der Waals surface area contributed by atoms with E-state index in [4.69, 9.17) is 18.9 Å². The number of epoxide rings is 2. The van der Waals surface area contributed by atoms with Crippen molar-refractivity contribution in [1.82, 2.24) is 0 Å². The van der Waals surface area contributed by atoms with Gasteiger partial charge in [0, 0.05) is 7.11 Å². The van der Waals surface area contributed by atoms with Gasteiger partial charge in [-0.1, -0.05) is 0 Å². The van der Waals surface area contributed by atoms with Crippen LogP contribution in [0.3, 0.4) is 0 Å². The molecule has 0 amide bonds. The molecule has 0 saturated carbocycles. The molecule has 3 aliphatic rings. The van der Waals surface area contributed by atoms with Gasteiger partial charge in [0.05, 0.1) is 6.61 Å². The monoisotopic (exact) mass is 158 g/mol. The third-order valence-corrected chi connectivity index (χ3v) is 2.40. The number of fused-ring (bicyclic) bond motifs is 1. The van der Waals surface area contributed by atoms with Gasteiger partial charge in [-0.25, -0.2) is 0 Å². The van der Waals surface area contributed by atoms with E-state index in [-0.39, 0.29) is 30.7 Å². The molecule has 3 saturated heterocycles. The van der Waals surface area contributed by atoms with Crippen molar-refractivity contribution in [3.8, 4) is 0 Å². The van der Waals surface area contributed by atoms with Crippen LogP contribution in [0.4, 0.5) is 0 Å². The Kier molecular flexibility index (Phi) is 1.13. The molecule has 4 nitrogen and oxygen atoms in total. The number of hydrogen-bond donors (Lipinski definition) is 0. The van der Waals surface area contributed by atoms with Crippen molar-refractivity contribution in [1.29, 1.82) is 0 Å². The molecule has 0 aromatic heterocycles. The molecular weight excluding hydrogens is 148 g/mol. The van der Waals surface area contributed by atoms with Crippen LogP contribution in [0.2, 0.25) is 0 Å². The minimum absolute atomic E-state index is 0.130. The van der Waals surface area contributed by atoms with Crippen LogP contribution in [0.5, 0.6) is 0 Å². The van der Waals surface area contributed by atoms with Gasteiger partial charge in [0.25, 0.3) is 0 Å². The highest BCUT2D eigenvalue weighted by molar-refractivity contribution is 5.05. The average Bonchev–Trinajstić information content (AvgIpc) is 2.88. The maximum atomic E-state index is 5.52. The standard InChI is InChI=1S/C7H10O4/c1-8-7-6-5(10-6)4(11-7)3-2-9-3/h3-7H,2H2,1H3/t3?,4-,5-,6?,7?/m1/s1. The minimum atomic E-state index is -0.158. The molecule has 3 rings (SSSR count). The first-order valence-corrected chi connectivity index (χ1v) is 3.85. The second kappa shape index (κ2) is 1.95. The van der Waals surface area contributed by atoms with E-state index in [0.29, 0.717) is 0 Å². The number of hydrogen-bond acceptors (Lipinski definition) is 4. The summed E-state index contributed by atoms with van der Waals surface area (Å²) in [6.07, 6.45) is 0.658. The van der Waals surface area contributed by atoms with Gasteiger partial charge in [-0.15, -0.1) is 0 Å². The summed E-state index contributed by atoms with van der Waals surface area (Å²) in [6.45, 7) is 0.813. The topological polar surface area (TPSA) is 43.5 Å². The largest absolute Gasteiger partial charge is 0.370 e. The zero-order chi connectivity index (χ0) is 7.42. The maximum absolute atomic E-state index is 5.52. The van der Waals surface area contributed by atoms with Gasteiger partial charge < -0.3 is 18.9 Å². The van der Waals surface area contributed by atoms with Crippen molar-refractivity contribution in [2.75, 3.05) is 13.7 Å². The van der Waals surface area contributed by atoms with Crippen molar-refractivity contribution < 1.29 is 18.9 Å². The summed E-state index contributed by atoms with van der Waals surface area (Å²) in [6, 6.07) is 0. The Morgan fingerprint density at radius 2 is 2.00 bits per heavy atom. The van der Waals surface area contributed by atoms with Crippen LogP contribution in [0.25, 0.3) is 0 Å². The first kappa shape index (κ1) is 6.37. The Balaban J connectivity index is 1.71. The van der Waals surface area contributed by atoms with E-state index in [9.17, 15) is 0 Å². The van der Waals surface area contributed by atoms with E-state index in [1.54, 1.807) is 7.11 Å². The van der Waals surface area contributed by atoms with Crippen molar-refractivity contribution in [2.24, 2.45) is 0 Å². The van der Waals surface area contributed by atoms with Crippen LogP contribution < -0.4 is 0 Å². The zero-order valence-electron chi connectivity index (χ0n) is 6.23. The highest BCUT2D eigenvalue weighted by Gasteiger charge is 2.62. The molecular formula is C7H10O4. The van der Waals surface area contributed by atoms with E-state index in [2.05, 4.69) is 0 Å². The lowest BCUT2D eigenvalue weighted by Crippen LogP contribution is -2.25. The molecule has 3 fully saturated rings. The lowest BCUT2D eigenvalue weighted by atomic mass is 10.2. The highest BCUT2D eigenvalue weighted by Crippen LogP contribution is 2.43. The Morgan fingerprint density at radius 3 is 2.55 bits per heavy atom. The fourth-order valence-corrected chi connectivity index (χ4v) is 1.66. The molecule has 0 aromatic carbocycles. The molecule has 3 heterocycles. The summed E-state index contributed by atoms with van der Waals surface area (Å²) in [4.78, 5) is 0. The predicted octanol–water partition coefficient (Wildman–Crippen LogP) is -0.476. The molecule has 5 atom stereocenters. The van der Waals surface area contributed by atoms with Crippen LogP contribution >= 0.6 is 0 Å². The molecule has 4 heteroatoms. The summed E-state index contributed by atoms with van der Waals surface area (Å²) in [5.41, 5.74) is 0. The average molecular weight is 158 g/mol. The van der Waals surface area contributed by atoms with Gasteiger partial charge in [-0.2, -0.15) is 0 Å². The maximum Gasteiger partial charge on any atom is 0.186 e. The summed E-state index contributed by atoms with van der Waals surface area (Å²) < 4.78 is 21.1. The molecule has 0 N–H and O–H groups in total. The summed E-state index contributed by atoms with van der Waals surface area (Å²) in [7, 11) is 1.64. The van der Waals surface area contributed by atoms with Crippen molar-refractivity contribution >= 4 is 0 Å². The minimum Gasteiger partial charge on any atom is -0.370 e. The Morgan fingerprint density at radius 1 is 1.18 bits per heavy atom. The van der Waals surface area contributed by atoms with Gasteiger partial charge in [-0.3, -0.25) is 0 Å². The van der Waals surface area contributed by atoms with Gasteiger partial charge >= 0.3 is 0 Å². The Labute approximate surface area is 64.4 Å². The third-order valence-electron chi connectivity index (χ3n) is 2.40. The first-order valence-electron chi connectivity index (χ1n) is 3.85. The van der Waals surface area contributed by atoms with E-state index in [1.165, 1.54) is 0 Å². The van der Waals surface area contributed by atoms with Crippen LogP contribution in [0.15, 0.2) is 0 Å². The second-order valence-corrected chi connectivity index (χ2v) is 3.14. The SMILES string of the molecule is COC1O[C@H](C2CO2)[C@H]2OC12. The Bertz CT molecular complexity index is 179. The lowest BCUT2D eigenvalue weighted by Gasteiger charge is -2.13. The van der Waals surface area contributed by atoms with Crippen LogP contribution in [0, 0.1) is 0 Å². The number of rotatable bonds is 2. The summed E-state index contributed by atoms with van der Waals surface area (Å²) >= 11 is 0. The van der Waals surface area contributed by atoms with Gasteiger partial charge in [0.15, 0.2) is 6.29 Å². The van der Waals surface area contributed by atoms with E-state index < -0.39 is 0 Å². The van der Waals surface area contributed by atoms with Crippen LogP contribution in [-0.4, -0.2) is 44.4 Å². The molecule has 0 spiro atoms. The highest BCUT2D eigenvalue weighted by atomic mass is 16.8. The molecule has 0 bridgehead atoms.